The van der Waals surface area contributed by atoms with Crippen LogP contribution in [0.5, 0.6) is 0 Å². The molecule has 2 rings (SSSR count). The minimum atomic E-state index is -0.615. The maximum atomic E-state index is 11.6. The van der Waals surface area contributed by atoms with Crippen LogP contribution in [0.15, 0.2) is 30.3 Å². The number of hydrogen-bond acceptors (Lipinski definition) is 6. The third kappa shape index (κ3) is 4.82. The van der Waals surface area contributed by atoms with Gasteiger partial charge in [0.1, 0.15) is 0 Å². The van der Waals surface area contributed by atoms with E-state index in [1.165, 1.54) is 20.8 Å². The first-order valence-electron chi connectivity index (χ1n) is 7.56. The van der Waals surface area contributed by atoms with Gasteiger partial charge < -0.3 is 0 Å². The van der Waals surface area contributed by atoms with E-state index in [4.69, 9.17) is 14.2 Å². The van der Waals surface area contributed by atoms with Gasteiger partial charge in [0, 0.05) is 0 Å². The Morgan fingerprint density at radius 1 is 1.00 bits per heavy atom. The van der Waals surface area contributed by atoms with Crippen molar-refractivity contribution in [2.75, 3.05) is 0 Å². The van der Waals surface area contributed by atoms with Crippen molar-refractivity contribution >= 4 is 32.9 Å². The van der Waals surface area contributed by atoms with Gasteiger partial charge in [-0.1, -0.05) is 0 Å². The van der Waals surface area contributed by atoms with E-state index in [0.29, 0.717) is 5.32 Å². The number of hydrogen-bond donors (Lipinski definition) is 0. The van der Waals surface area contributed by atoms with E-state index in [-0.39, 0.29) is 19.8 Å². The summed E-state index contributed by atoms with van der Waals surface area (Å²) in [5.41, 5.74) is 0.834. The van der Waals surface area contributed by atoms with E-state index in [0.717, 1.165) is 5.56 Å². The fourth-order valence-corrected chi connectivity index (χ4v) is 5.76. The van der Waals surface area contributed by atoms with Crippen molar-refractivity contribution in [3.8, 4) is 0 Å². The molecule has 1 aliphatic rings. The molecule has 1 aromatic carbocycles. The summed E-state index contributed by atoms with van der Waals surface area (Å²) in [6.45, 7) is 3.99. The second-order valence-corrected chi connectivity index (χ2v) is 8.00. The molecule has 0 saturated carbocycles. The fraction of sp³-hybridized carbons (Fsp3) is 0.471. The van der Waals surface area contributed by atoms with Crippen molar-refractivity contribution in [3.63, 3.8) is 0 Å². The Morgan fingerprint density at radius 3 is 2.17 bits per heavy atom. The van der Waals surface area contributed by atoms with Crippen LogP contribution in [0.1, 0.15) is 32.4 Å². The van der Waals surface area contributed by atoms with Crippen molar-refractivity contribution in [2.24, 2.45) is 0 Å². The molecular formula is C17H20O6Se. The zero-order valence-electron chi connectivity index (χ0n) is 13.8. The van der Waals surface area contributed by atoms with Gasteiger partial charge in [-0.3, -0.25) is 0 Å². The van der Waals surface area contributed by atoms with Gasteiger partial charge in [0.25, 0.3) is 0 Å². The predicted octanol–water partition coefficient (Wildman–Crippen LogP) is 2.08. The number of carbonyl (C=O) groups excluding carboxylic acids is 3. The summed E-state index contributed by atoms with van der Waals surface area (Å²) in [4.78, 5) is 34.2. The number of rotatable bonds is 5. The van der Waals surface area contributed by atoms with E-state index >= 15 is 0 Å². The molecule has 1 heterocycles. The summed E-state index contributed by atoms with van der Waals surface area (Å²) >= 11 is -0.0177. The summed E-state index contributed by atoms with van der Waals surface area (Å²) in [6, 6.07) is 9.33. The Balaban J connectivity index is 2.30. The van der Waals surface area contributed by atoms with Gasteiger partial charge in [0.05, 0.1) is 0 Å². The number of carbonyl (C=O) groups is 3. The second kappa shape index (κ2) is 8.31. The molecule has 0 radical (unpaired) electrons. The second-order valence-electron chi connectivity index (χ2n) is 5.46. The Morgan fingerprint density at radius 2 is 1.62 bits per heavy atom. The molecule has 1 fully saturated rings. The van der Waals surface area contributed by atoms with Crippen molar-refractivity contribution in [1.82, 2.24) is 0 Å². The number of ether oxygens (including phenoxy) is 3. The van der Waals surface area contributed by atoms with E-state index in [2.05, 4.69) is 0 Å². The van der Waals surface area contributed by atoms with E-state index in [1.54, 1.807) is 0 Å². The normalized spacial score (nSPS) is 24.0. The summed E-state index contributed by atoms with van der Waals surface area (Å²) in [7, 11) is 0. The summed E-state index contributed by atoms with van der Waals surface area (Å²) < 4.78 is 16.3. The summed E-state index contributed by atoms with van der Waals surface area (Å²) in [5, 5.41) is 0.611. The SMILES string of the molecule is CC(=O)O[C@@H]1[C@@H]([C@@H](OC(C)=O)c2ccccc2)[Se]C[C@@H]1OC(C)=O. The topological polar surface area (TPSA) is 78.9 Å². The molecule has 0 N–H and O–H groups in total. The monoisotopic (exact) mass is 400 g/mol. The van der Waals surface area contributed by atoms with Crippen molar-refractivity contribution in [2.45, 2.75) is 49.2 Å². The van der Waals surface area contributed by atoms with Crippen molar-refractivity contribution in [1.29, 1.82) is 0 Å². The van der Waals surface area contributed by atoms with Crippen LogP contribution in [0.4, 0.5) is 0 Å². The molecule has 0 aromatic heterocycles. The van der Waals surface area contributed by atoms with Crippen molar-refractivity contribution in [3.05, 3.63) is 35.9 Å². The molecule has 1 saturated heterocycles. The predicted molar refractivity (Wildman–Crippen MR) is 86.4 cm³/mol. The fourth-order valence-electron chi connectivity index (χ4n) is 2.66. The first-order chi connectivity index (χ1) is 11.4. The third-order valence-electron chi connectivity index (χ3n) is 3.48. The number of benzene rings is 1. The van der Waals surface area contributed by atoms with Gasteiger partial charge in [0.2, 0.25) is 0 Å². The zero-order valence-corrected chi connectivity index (χ0v) is 15.5. The summed E-state index contributed by atoms with van der Waals surface area (Å²) in [6.07, 6.45) is -1.65. The molecule has 0 aliphatic carbocycles. The van der Waals surface area contributed by atoms with Crippen LogP contribution in [0.25, 0.3) is 0 Å². The van der Waals surface area contributed by atoms with Crippen LogP contribution in [-0.2, 0) is 28.6 Å². The molecule has 0 amide bonds. The standard InChI is InChI=1S/C17H20O6Se/c1-10(18)21-14-9-24-17(16(14)23-12(3)20)15(22-11(2)19)13-7-5-4-6-8-13/h4-8,14-17H,9H2,1-3H3/t14-,15-,16-,17+/m0/s1. The first kappa shape index (κ1) is 18.5. The van der Waals surface area contributed by atoms with Crippen molar-refractivity contribution < 1.29 is 28.6 Å². The molecule has 1 aromatic rings. The average molecular weight is 399 g/mol. The van der Waals surface area contributed by atoms with Gasteiger partial charge in [-0.05, 0) is 0 Å². The van der Waals surface area contributed by atoms with E-state index < -0.39 is 36.2 Å². The molecular weight excluding hydrogens is 379 g/mol. The maximum absolute atomic E-state index is 11.6. The average Bonchev–Trinajstić information content (AvgIpc) is 2.87. The quantitative estimate of drug-likeness (QED) is 0.429. The number of esters is 3. The molecule has 0 spiro atoms. The molecule has 0 bridgehead atoms. The molecule has 0 unspecified atom stereocenters. The molecule has 24 heavy (non-hydrogen) atoms. The molecule has 130 valence electrons. The molecule has 7 heteroatoms. The first-order valence-corrected chi connectivity index (χ1v) is 9.76. The van der Waals surface area contributed by atoms with Gasteiger partial charge in [-0.15, -0.1) is 0 Å². The van der Waals surface area contributed by atoms with Crippen LogP contribution in [0.3, 0.4) is 0 Å². The van der Waals surface area contributed by atoms with Crippen LogP contribution in [-0.4, -0.2) is 45.1 Å². The Hall–Kier alpha value is -1.85. The minimum absolute atomic E-state index is 0.0177. The van der Waals surface area contributed by atoms with Crippen LogP contribution in [0, 0.1) is 0 Å². The van der Waals surface area contributed by atoms with Gasteiger partial charge in [-0.25, -0.2) is 0 Å². The van der Waals surface area contributed by atoms with Crippen LogP contribution >= 0.6 is 0 Å². The molecule has 1 aliphatic heterocycles. The zero-order chi connectivity index (χ0) is 17.7. The van der Waals surface area contributed by atoms with E-state index in [1.807, 2.05) is 30.3 Å². The van der Waals surface area contributed by atoms with Gasteiger partial charge >= 0.3 is 147 Å². The van der Waals surface area contributed by atoms with Crippen LogP contribution < -0.4 is 0 Å². The third-order valence-corrected chi connectivity index (χ3v) is 6.46. The van der Waals surface area contributed by atoms with E-state index in [9.17, 15) is 14.4 Å². The molecule has 4 atom stereocenters. The molecule has 6 nitrogen and oxygen atoms in total. The Labute approximate surface area is 147 Å². The Kier molecular flexibility index (Phi) is 6.40. The summed E-state index contributed by atoms with van der Waals surface area (Å²) in [5.74, 6) is -1.27. The van der Waals surface area contributed by atoms with Gasteiger partial charge in [0.15, 0.2) is 0 Å². The van der Waals surface area contributed by atoms with Gasteiger partial charge in [-0.2, -0.15) is 0 Å². The van der Waals surface area contributed by atoms with Crippen LogP contribution in [0.2, 0.25) is 10.1 Å². The Bertz CT molecular complexity index is 602.